The second kappa shape index (κ2) is 5.17. The summed E-state index contributed by atoms with van der Waals surface area (Å²) in [5, 5.41) is 0. The van der Waals surface area contributed by atoms with Gasteiger partial charge in [0.2, 0.25) is 0 Å². The molecule has 1 rings (SSSR count). The van der Waals surface area contributed by atoms with E-state index in [1.54, 1.807) is 6.20 Å². The van der Waals surface area contributed by atoms with E-state index in [0.717, 1.165) is 18.8 Å². The fourth-order valence-electron chi connectivity index (χ4n) is 1.85. The fraction of sp³-hybridized carbons (Fsp3) is 0.769. The molecular weight excluding hydrogens is 217 g/mol. The first-order chi connectivity index (χ1) is 7.84. The van der Waals surface area contributed by atoms with E-state index in [0.29, 0.717) is 0 Å². The Balaban J connectivity index is 2.91. The van der Waals surface area contributed by atoms with Gasteiger partial charge in [-0.15, -0.1) is 0 Å². The molecule has 1 heterocycles. The number of aromatic nitrogens is 2. The van der Waals surface area contributed by atoms with Gasteiger partial charge in [0.15, 0.2) is 0 Å². The predicted octanol–water partition coefficient (Wildman–Crippen LogP) is 2.55. The van der Waals surface area contributed by atoms with Crippen molar-refractivity contribution in [2.75, 3.05) is 6.54 Å². The molecule has 3 nitrogen and oxygen atoms in total. The van der Waals surface area contributed by atoms with E-state index in [1.165, 1.54) is 0 Å². The van der Waals surface area contributed by atoms with Crippen LogP contribution in [0.4, 0.5) is 4.39 Å². The molecule has 0 amide bonds. The summed E-state index contributed by atoms with van der Waals surface area (Å²) < 4.78 is 16.8. The molecule has 0 saturated carbocycles. The van der Waals surface area contributed by atoms with Gasteiger partial charge in [0.25, 0.3) is 0 Å². The van der Waals surface area contributed by atoms with E-state index in [1.807, 2.05) is 31.5 Å². The maximum atomic E-state index is 14.8. The van der Waals surface area contributed by atoms with Crippen LogP contribution in [0.15, 0.2) is 12.4 Å². The topological polar surface area (TPSA) is 43.8 Å². The Bertz CT molecular complexity index is 354. The molecule has 0 spiro atoms. The molecule has 1 aromatic rings. The minimum atomic E-state index is -1.41. The first kappa shape index (κ1) is 14.2. The summed E-state index contributed by atoms with van der Waals surface area (Å²) in [7, 11) is 0. The number of halogens is 1. The van der Waals surface area contributed by atoms with Crippen LogP contribution in [0, 0.1) is 5.41 Å². The third kappa shape index (κ3) is 3.06. The number of aryl methyl sites for hydroxylation is 1. The van der Waals surface area contributed by atoms with Crippen LogP contribution in [0.2, 0.25) is 0 Å². The Morgan fingerprint density at radius 2 is 2.06 bits per heavy atom. The maximum Gasteiger partial charge on any atom is 0.134 e. The summed E-state index contributed by atoms with van der Waals surface area (Å²) in [6, 6.07) is 0. The SMILES string of the molecule is CCCn1ccnc1CC(F)(CN)C(C)(C)C. The van der Waals surface area contributed by atoms with Gasteiger partial charge in [-0.3, -0.25) is 0 Å². The fourth-order valence-corrected chi connectivity index (χ4v) is 1.85. The second-order valence-corrected chi connectivity index (χ2v) is 5.63. The van der Waals surface area contributed by atoms with Crippen LogP contribution >= 0.6 is 0 Å². The molecular formula is C13H24FN3. The van der Waals surface area contributed by atoms with Gasteiger partial charge >= 0.3 is 0 Å². The Kier molecular flexibility index (Phi) is 4.31. The number of nitrogens with zero attached hydrogens (tertiary/aromatic N) is 2. The molecule has 1 aromatic heterocycles. The van der Waals surface area contributed by atoms with Gasteiger partial charge in [-0.05, 0) is 11.8 Å². The van der Waals surface area contributed by atoms with Crippen LogP contribution in [0.1, 0.15) is 39.9 Å². The molecule has 1 atom stereocenters. The number of hydrogen-bond acceptors (Lipinski definition) is 2. The maximum absolute atomic E-state index is 14.8. The van der Waals surface area contributed by atoms with Gasteiger partial charge in [-0.2, -0.15) is 0 Å². The van der Waals surface area contributed by atoms with Crippen molar-refractivity contribution in [1.82, 2.24) is 9.55 Å². The van der Waals surface area contributed by atoms with E-state index in [9.17, 15) is 4.39 Å². The third-order valence-electron chi connectivity index (χ3n) is 3.37. The van der Waals surface area contributed by atoms with Crippen molar-refractivity contribution < 1.29 is 4.39 Å². The highest BCUT2D eigenvalue weighted by Gasteiger charge is 2.42. The van der Waals surface area contributed by atoms with Crippen LogP contribution in [0.25, 0.3) is 0 Å². The Morgan fingerprint density at radius 3 is 2.53 bits per heavy atom. The van der Waals surface area contributed by atoms with Gasteiger partial charge in [-0.1, -0.05) is 27.7 Å². The lowest BCUT2D eigenvalue weighted by Gasteiger charge is -2.36. The molecule has 17 heavy (non-hydrogen) atoms. The number of imidazole rings is 1. The Hall–Kier alpha value is -0.900. The molecule has 0 aromatic carbocycles. The zero-order valence-electron chi connectivity index (χ0n) is 11.3. The molecule has 98 valence electrons. The van der Waals surface area contributed by atoms with Gasteiger partial charge in [0.05, 0.1) is 0 Å². The van der Waals surface area contributed by atoms with E-state index < -0.39 is 11.1 Å². The van der Waals surface area contributed by atoms with E-state index >= 15 is 0 Å². The largest absolute Gasteiger partial charge is 0.335 e. The summed E-state index contributed by atoms with van der Waals surface area (Å²) in [6.45, 7) is 8.64. The van der Waals surface area contributed by atoms with Crippen LogP contribution in [0.3, 0.4) is 0 Å². The van der Waals surface area contributed by atoms with Crippen molar-refractivity contribution in [3.63, 3.8) is 0 Å². The first-order valence-electron chi connectivity index (χ1n) is 6.23. The van der Waals surface area contributed by atoms with Crippen molar-refractivity contribution in [3.05, 3.63) is 18.2 Å². The summed E-state index contributed by atoms with van der Waals surface area (Å²) in [5.41, 5.74) is 3.73. The van der Waals surface area contributed by atoms with E-state index in [2.05, 4.69) is 11.9 Å². The molecule has 0 radical (unpaired) electrons. The third-order valence-corrected chi connectivity index (χ3v) is 3.37. The van der Waals surface area contributed by atoms with Crippen LogP contribution in [0.5, 0.6) is 0 Å². The average Bonchev–Trinajstić information content (AvgIpc) is 2.64. The van der Waals surface area contributed by atoms with Crippen molar-refractivity contribution in [3.8, 4) is 0 Å². The van der Waals surface area contributed by atoms with Crippen molar-refractivity contribution in [2.24, 2.45) is 11.1 Å². The number of alkyl halides is 1. The molecule has 2 N–H and O–H groups in total. The smallest absolute Gasteiger partial charge is 0.134 e. The monoisotopic (exact) mass is 241 g/mol. The van der Waals surface area contributed by atoms with Crippen LogP contribution in [-0.2, 0) is 13.0 Å². The number of nitrogens with two attached hydrogens (primary N) is 1. The lowest BCUT2D eigenvalue weighted by Crippen LogP contribution is -2.47. The summed E-state index contributed by atoms with van der Waals surface area (Å²) in [4.78, 5) is 4.25. The van der Waals surface area contributed by atoms with Crippen LogP contribution < -0.4 is 5.73 Å². The van der Waals surface area contributed by atoms with Gasteiger partial charge in [0.1, 0.15) is 11.5 Å². The average molecular weight is 241 g/mol. The van der Waals surface area contributed by atoms with E-state index in [-0.39, 0.29) is 13.0 Å². The molecule has 0 fully saturated rings. The van der Waals surface area contributed by atoms with Gasteiger partial charge < -0.3 is 10.3 Å². The second-order valence-electron chi connectivity index (χ2n) is 5.63. The van der Waals surface area contributed by atoms with Gasteiger partial charge in [-0.25, -0.2) is 9.37 Å². The minimum absolute atomic E-state index is 0.0233. The summed E-state index contributed by atoms with van der Waals surface area (Å²) in [5.74, 6) is 0.787. The lowest BCUT2D eigenvalue weighted by molar-refractivity contribution is 0.0354. The molecule has 4 heteroatoms. The molecule has 0 aliphatic heterocycles. The van der Waals surface area contributed by atoms with Gasteiger partial charge in [0, 0.05) is 31.9 Å². The highest BCUT2D eigenvalue weighted by Crippen LogP contribution is 2.35. The highest BCUT2D eigenvalue weighted by atomic mass is 19.1. The predicted molar refractivity (Wildman–Crippen MR) is 68.6 cm³/mol. The molecule has 0 aliphatic rings. The Morgan fingerprint density at radius 1 is 1.41 bits per heavy atom. The molecule has 0 aliphatic carbocycles. The zero-order valence-corrected chi connectivity index (χ0v) is 11.3. The van der Waals surface area contributed by atoms with Crippen molar-refractivity contribution >= 4 is 0 Å². The summed E-state index contributed by atoms with van der Waals surface area (Å²) in [6.07, 6.45) is 4.92. The number of hydrogen-bond donors (Lipinski definition) is 1. The lowest BCUT2D eigenvalue weighted by atomic mass is 9.75. The zero-order chi connectivity index (χ0) is 13.1. The first-order valence-corrected chi connectivity index (χ1v) is 6.23. The van der Waals surface area contributed by atoms with Crippen molar-refractivity contribution in [2.45, 2.75) is 52.8 Å². The molecule has 1 unspecified atom stereocenters. The molecule has 0 bridgehead atoms. The Labute approximate surface area is 103 Å². The minimum Gasteiger partial charge on any atom is -0.335 e. The molecule has 0 saturated heterocycles. The van der Waals surface area contributed by atoms with Crippen molar-refractivity contribution in [1.29, 1.82) is 0 Å². The standard InChI is InChI=1S/C13H24FN3/c1-5-7-17-8-6-16-11(17)9-13(14,10-15)12(2,3)4/h6,8H,5,7,9-10,15H2,1-4H3. The highest BCUT2D eigenvalue weighted by molar-refractivity contribution is 5.04. The quantitative estimate of drug-likeness (QED) is 0.861. The van der Waals surface area contributed by atoms with Crippen LogP contribution in [-0.4, -0.2) is 21.8 Å². The summed E-state index contributed by atoms with van der Waals surface area (Å²) >= 11 is 0. The van der Waals surface area contributed by atoms with E-state index in [4.69, 9.17) is 5.73 Å². The normalized spacial score (nSPS) is 15.9. The number of rotatable bonds is 5.